The third kappa shape index (κ3) is 3.58. The number of carbonyl (C=O) groups excluding carboxylic acids is 2. The van der Waals surface area contributed by atoms with Gasteiger partial charge in [0.15, 0.2) is 0 Å². The number of aromatic nitrogens is 1. The average Bonchev–Trinajstić information content (AvgIpc) is 3.15. The summed E-state index contributed by atoms with van der Waals surface area (Å²) in [6.45, 7) is 1.53. The van der Waals surface area contributed by atoms with Gasteiger partial charge in [0.1, 0.15) is 6.61 Å². The summed E-state index contributed by atoms with van der Waals surface area (Å²) in [5, 5.41) is 2.99. The number of urea groups is 1. The minimum atomic E-state index is -0.386. The van der Waals surface area contributed by atoms with Gasteiger partial charge in [0.25, 0.3) is 0 Å². The van der Waals surface area contributed by atoms with Crippen LogP contribution in [0.25, 0.3) is 0 Å². The Hall–Kier alpha value is -3.09. The number of pyridine rings is 1. The van der Waals surface area contributed by atoms with Crippen LogP contribution in [0.3, 0.4) is 0 Å². The van der Waals surface area contributed by atoms with Crippen molar-refractivity contribution in [1.82, 2.24) is 9.88 Å². The predicted molar refractivity (Wildman–Crippen MR) is 102 cm³/mol. The molecule has 3 amide bonds. The smallest absolute Gasteiger partial charge is 0.414 e. The molecule has 1 atom stereocenters. The summed E-state index contributed by atoms with van der Waals surface area (Å²) in [6, 6.07) is 11.1. The number of piperidine rings is 1. The van der Waals surface area contributed by atoms with Crippen LogP contribution in [0.5, 0.6) is 0 Å². The molecule has 27 heavy (non-hydrogen) atoms. The summed E-state index contributed by atoms with van der Waals surface area (Å²) in [5.41, 5.74) is 2.31. The Morgan fingerprint density at radius 1 is 1.15 bits per heavy atom. The maximum atomic E-state index is 13.1. The van der Waals surface area contributed by atoms with Gasteiger partial charge in [-0.05, 0) is 43.0 Å². The number of amides is 3. The van der Waals surface area contributed by atoms with Gasteiger partial charge in [-0.1, -0.05) is 18.2 Å². The Bertz CT molecular complexity index is 827. The molecule has 0 aliphatic carbocycles. The molecule has 2 fully saturated rings. The quantitative estimate of drug-likeness (QED) is 0.897. The molecule has 0 radical (unpaired) electrons. The van der Waals surface area contributed by atoms with Crippen LogP contribution in [0.2, 0.25) is 0 Å². The highest BCUT2D eigenvalue weighted by molar-refractivity contribution is 5.99. The molecule has 140 valence electrons. The molecular formula is C20H22N4O3. The molecule has 0 unspecified atom stereocenters. The van der Waals surface area contributed by atoms with Crippen molar-refractivity contribution >= 4 is 23.5 Å². The van der Waals surface area contributed by atoms with Crippen LogP contribution >= 0.6 is 0 Å². The zero-order valence-electron chi connectivity index (χ0n) is 15.0. The highest BCUT2D eigenvalue weighted by atomic mass is 16.6. The summed E-state index contributed by atoms with van der Waals surface area (Å²) in [7, 11) is 0. The average molecular weight is 366 g/mol. The number of hydrogen-bond donors (Lipinski definition) is 1. The van der Waals surface area contributed by atoms with Crippen molar-refractivity contribution in [1.29, 1.82) is 0 Å². The fourth-order valence-corrected chi connectivity index (χ4v) is 3.71. The Morgan fingerprint density at radius 3 is 2.81 bits per heavy atom. The number of benzene rings is 1. The normalized spacial score (nSPS) is 19.7. The molecule has 0 spiro atoms. The van der Waals surface area contributed by atoms with E-state index in [1.807, 2.05) is 47.5 Å². The highest BCUT2D eigenvalue weighted by Crippen LogP contribution is 2.33. The fourth-order valence-electron chi connectivity index (χ4n) is 3.71. The van der Waals surface area contributed by atoms with Crippen molar-refractivity contribution in [3.63, 3.8) is 0 Å². The number of para-hydroxylation sites is 2. The van der Waals surface area contributed by atoms with Crippen molar-refractivity contribution in [3.05, 3.63) is 54.4 Å². The second-order valence-corrected chi connectivity index (χ2v) is 6.70. The number of likely N-dealkylation sites (tertiary alicyclic amines) is 1. The minimum Gasteiger partial charge on any atom is -0.447 e. The number of anilines is 2. The van der Waals surface area contributed by atoms with Gasteiger partial charge < -0.3 is 15.0 Å². The molecule has 1 N–H and O–H groups in total. The highest BCUT2D eigenvalue weighted by Gasteiger charge is 2.30. The lowest BCUT2D eigenvalue weighted by Crippen LogP contribution is -2.41. The predicted octanol–water partition coefficient (Wildman–Crippen LogP) is 3.80. The van der Waals surface area contributed by atoms with Crippen molar-refractivity contribution in [2.75, 3.05) is 29.9 Å². The van der Waals surface area contributed by atoms with Crippen molar-refractivity contribution < 1.29 is 14.3 Å². The van der Waals surface area contributed by atoms with E-state index < -0.39 is 0 Å². The Balaban J connectivity index is 1.56. The second-order valence-electron chi connectivity index (χ2n) is 6.70. The van der Waals surface area contributed by atoms with E-state index in [2.05, 4.69) is 10.3 Å². The number of carbonyl (C=O) groups is 2. The standard InChI is InChI=1S/C20H22N4O3/c25-19(23-11-4-3-8-17(23)15-6-5-10-21-14-15)22-16-7-1-2-9-18(16)24-12-13-27-20(24)26/h1-2,5-7,9-10,14,17H,3-4,8,11-13H2,(H,22,25)/t17-/m1/s1. The van der Waals surface area contributed by atoms with E-state index in [4.69, 9.17) is 4.74 Å². The summed E-state index contributed by atoms with van der Waals surface area (Å²) in [4.78, 5) is 32.6. The van der Waals surface area contributed by atoms with Gasteiger partial charge in [0, 0.05) is 18.9 Å². The van der Waals surface area contributed by atoms with Gasteiger partial charge in [0.2, 0.25) is 0 Å². The topological polar surface area (TPSA) is 74.8 Å². The van der Waals surface area contributed by atoms with Gasteiger partial charge >= 0.3 is 12.1 Å². The van der Waals surface area contributed by atoms with E-state index in [9.17, 15) is 9.59 Å². The zero-order chi connectivity index (χ0) is 18.6. The molecule has 7 heteroatoms. The summed E-state index contributed by atoms with van der Waals surface area (Å²) in [6.07, 6.45) is 6.15. The molecular weight excluding hydrogens is 344 g/mol. The first-order chi connectivity index (χ1) is 13.2. The molecule has 4 rings (SSSR count). The van der Waals surface area contributed by atoms with Crippen LogP contribution in [0.15, 0.2) is 48.8 Å². The summed E-state index contributed by atoms with van der Waals surface area (Å²) in [5.74, 6) is 0. The van der Waals surface area contributed by atoms with E-state index in [1.54, 1.807) is 11.1 Å². The first-order valence-electron chi connectivity index (χ1n) is 9.25. The lowest BCUT2D eigenvalue weighted by Gasteiger charge is -2.36. The summed E-state index contributed by atoms with van der Waals surface area (Å²) < 4.78 is 5.03. The number of nitrogens with one attached hydrogen (secondary N) is 1. The molecule has 2 aliphatic rings. The Morgan fingerprint density at radius 2 is 2.04 bits per heavy atom. The molecule has 0 bridgehead atoms. The maximum Gasteiger partial charge on any atom is 0.414 e. The van der Waals surface area contributed by atoms with E-state index >= 15 is 0 Å². The van der Waals surface area contributed by atoms with Crippen LogP contribution in [-0.2, 0) is 4.74 Å². The fraction of sp³-hybridized carbons (Fsp3) is 0.350. The van der Waals surface area contributed by atoms with Gasteiger partial charge in [-0.2, -0.15) is 0 Å². The molecule has 2 aromatic rings. The Kier molecular flexibility index (Phi) is 4.91. The maximum absolute atomic E-state index is 13.1. The third-order valence-electron chi connectivity index (χ3n) is 5.03. The van der Waals surface area contributed by atoms with Crippen LogP contribution in [0.4, 0.5) is 21.0 Å². The largest absolute Gasteiger partial charge is 0.447 e. The van der Waals surface area contributed by atoms with E-state index in [0.29, 0.717) is 31.1 Å². The van der Waals surface area contributed by atoms with Crippen LogP contribution in [-0.4, -0.2) is 41.7 Å². The lowest BCUT2D eigenvalue weighted by atomic mass is 9.97. The molecule has 0 saturated carbocycles. The number of rotatable bonds is 3. The number of nitrogens with zero attached hydrogens (tertiary/aromatic N) is 3. The first-order valence-corrected chi connectivity index (χ1v) is 9.25. The Labute approximate surface area is 157 Å². The zero-order valence-corrected chi connectivity index (χ0v) is 15.0. The number of cyclic esters (lactones) is 1. The molecule has 2 saturated heterocycles. The molecule has 1 aromatic heterocycles. The van der Waals surface area contributed by atoms with Crippen LogP contribution in [0, 0.1) is 0 Å². The van der Waals surface area contributed by atoms with Gasteiger partial charge in [-0.3, -0.25) is 9.88 Å². The van der Waals surface area contributed by atoms with Gasteiger partial charge in [-0.25, -0.2) is 9.59 Å². The van der Waals surface area contributed by atoms with Crippen LogP contribution < -0.4 is 10.2 Å². The van der Waals surface area contributed by atoms with Gasteiger partial charge in [-0.15, -0.1) is 0 Å². The van der Waals surface area contributed by atoms with Crippen molar-refractivity contribution in [3.8, 4) is 0 Å². The lowest BCUT2D eigenvalue weighted by molar-refractivity contribution is 0.163. The third-order valence-corrected chi connectivity index (χ3v) is 5.03. The van der Waals surface area contributed by atoms with Crippen LogP contribution in [0.1, 0.15) is 30.9 Å². The van der Waals surface area contributed by atoms with E-state index in [0.717, 1.165) is 24.8 Å². The van der Waals surface area contributed by atoms with Gasteiger partial charge in [0.05, 0.1) is 24.0 Å². The van der Waals surface area contributed by atoms with Crippen molar-refractivity contribution in [2.45, 2.75) is 25.3 Å². The monoisotopic (exact) mass is 366 g/mol. The SMILES string of the molecule is O=C1OCCN1c1ccccc1NC(=O)N1CCCC[C@@H]1c1cccnc1. The van der Waals surface area contributed by atoms with E-state index in [1.165, 1.54) is 0 Å². The van der Waals surface area contributed by atoms with Crippen molar-refractivity contribution in [2.24, 2.45) is 0 Å². The van der Waals surface area contributed by atoms with E-state index in [-0.39, 0.29) is 18.2 Å². The minimum absolute atomic E-state index is 0.0105. The summed E-state index contributed by atoms with van der Waals surface area (Å²) >= 11 is 0. The molecule has 7 nitrogen and oxygen atoms in total. The first kappa shape index (κ1) is 17.3. The second kappa shape index (κ2) is 7.65. The number of hydrogen-bond acceptors (Lipinski definition) is 4. The molecule has 2 aliphatic heterocycles. The molecule has 3 heterocycles. The molecule has 1 aromatic carbocycles. The number of ether oxygens (including phenoxy) is 1.